The van der Waals surface area contributed by atoms with Crippen LogP contribution in [0.15, 0.2) is 54.6 Å². The van der Waals surface area contributed by atoms with Crippen molar-refractivity contribution in [1.82, 2.24) is 0 Å². The summed E-state index contributed by atoms with van der Waals surface area (Å²) in [6.07, 6.45) is 0.921. The van der Waals surface area contributed by atoms with Crippen LogP contribution in [0.5, 0.6) is 5.75 Å². The normalized spacial score (nSPS) is 9.43. The van der Waals surface area contributed by atoms with Gasteiger partial charge in [0.1, 0.15) is 5.75 Å². The summed E-state index contributed by atoms with van der Waals surface area (Å²) in [6.45, 7) is 2.36. The zero-order valence-electron chi connectivity index (χ0n) is 12.9. The SMILES string of the molecule is CCCOC(=O)c1ccc(O)cc1.O=C(O)Cc1ccccc1. The summed E-state index contributed by atoms with van der Waals surface area (Å²) in [7, 11) is 0. The van der Waals surface area contributed by atoms with E-state index in [2.05, 4.69) is 0 Å². The number of phenolic OH excluding ortho intramolecular Hbond substituents is 1. The lowest BCUT2D eigenvalue weighted by molar-refractivity contribution is -0.136. The summed E-state index contributed by atoms with van der Waals surface area (Å²) < 4.78 is 4.90. The molecular weight excluding hydrogens is 296 g/mol. The Morgan fingerprint density at radius 1 is 1.00 bits per heavy atom. The number of carboxylic acids is 1. The van der Waals surface area contributed by atoms with E-state index in [1.165, 1.54) is 24.3 Å². The highest BCUT2D eigenvalue weighted by Gasteiger charge is 2.05. The third-order valence-electron chi connectivity index (χ3n) is 2.74. The molecule has 0 aliphatic carbocycles. The molecule has 0 atom stereocenters. The summed E-state index contributed by atoms with van der Waals surface area (Å²) in [5.41, 5.74) is 1.31. The lowest BCUT2D eigenvalue weighted by atomic mass is 10.2. The number of hydrogen-bond donors (Lipinski definition) is 2. The van der Waals surface area contributed by atoms with Crippen LogP contribution in [-0.2, 0) is 16.0 Å². The van der Waals surface area contributed by atoms with Crippen LogP contribution in [0, 0.1) is 0 Å². The van der Waals surface area contributed by atoms with Gasteiger partial charge in [-0.3, -0.25) is 4.79 Å². The maximum Gasteiger partial charge on any atom is 0.338 e. The van der Waals surface area contributed by atoms with E-state index >= 15 is 0 Å². The summed E-state index contributed by atoms with van der Waals surface area (Å²) >= 11 is 0. The van der Waals surface area contributed by atoms with Crippen molar-refractivity contribution in [3.8, 4) is 5.75 Å². The van der Waals surface area contributed by atoms with Gasteiger partial charge in [-0.15, -0.1) is 0 Å². The minimum absolute atomic E-state index is 0.112. The topological polar surface area (TPSA) is 83.8 Å². The van der Waals surface area contributed by atoms with Gasteiger partial charge in [-0.1, -0.05) is 37.3 Å². The fourth-order valence-electron chi connectivity index (χ4n) is 1.65. The van der Waals surface area contributed by atoms with Crippen LogP contribution in [-0.4, -0.2) is 28.8 Å². The smallest absolute Gasteiger partial charge is 0.338 e. The van der Waals surface area contributed by atoms with Crippen molar-refractivity contribution in [2.45, 2.75) is 19.8 Å². The molecule has 0 aliphatic heterocycles. The fourth-order valence-corrected chi connectivity index (χ4v) is 1.65. The first-order chi connectivity index (χ1) is 11.0. The van der Waals surface area contributed by atoms with E-state index in [1.54, 1.807) is 12.1 Å². The van der Waals surface area contributed by atoms with Gasteiger partial charge in [-0.2, -0.15) is 0 Å². The Bertz CT molecular complexity index is 605. The first-order valence-electron chi connectivity index (χ1n) is 7.24. The average molecular weight is 316 g/mol. The minimum Gasteiger partial charge on any atom is -0.508 e. The Morgan fingerprint density at radius 3 is 2.13 bits per heavy atom. The Hall–Kier alpha value is -2.82. The van der Waals surface area contributed by atoms with E-state index in [1.807, 2.05) is 25.1 Å². The lowest BCUT2D eigenvalue weighted by Crippen LogP contribution is -2.05. The Labute approximate surface area is 135 Å². The third kappa shape index (κ3) is 7.66. The van der Waals surface area contributed by atoms with Crippen molar-refractivity contribution in [2.75, 3.05) is 6.61 Å². The Morgan fingerprint density at radius 2 is 1.61 bits per heavy atom. The standard InChI is InChI=1S/C10H12O3.C8H8O2/c1-2-7-13-10(12)8-3-5-9(11)6-4-8;9-8(10)6-7-4-2-1-3-5-7/h3-6,11H,2,7H2,1H3;1-5H,6H2,(H,9,10). The van der Waals surface area contributed by atoms with Crippen LogP contribution in [0.4, 0.5) is 0 Å². The van der Waals surface area contributed by atoms with Crippen molar-refractivity contribution >= 4 is 11.9 Å². The Kier molecular flexibility index (Phi) is 7.92. The van der Waals surface area contributed by atoms with E-state index in [9.17, 15) is 9.59 Å². The molecule has 0 saturated heterocycles. The van der Waals surface area contributed by atoms with Crippen LogP contribution in [0.25, 0.3) is 0 Å². The largest absolute Gasteiger partial charge is 0.508 e. The van der Waals surface area contributed by atoms with Gasteiger partial charge >= 0.3 is 11.9 Å². The van der Waals surface area contributed by atoms with Gasteiger partial charge < -0.3 is 14.9 Å². The maximum absolute atomic E-state index is 11.2. The van der Waals surface area contributed by atoms with E-state index < -0.39 is 5.97 Å². The molecule has 0 spiro atoms. The van der Waals surface area contributed by atoms with Crippen LogP contribution in [0.3, 0.4) is 0 Å². The minimum atomic E-state index is -0.786. The molecule has 0 saturated carbocycles. The monoisotopic (exact) mass is 316 g/mol. The molecule has 2 aromatic carbocycles. The van der Waals surface area contributed by atoms with Gasteiger partial charge in [0.15, 0.2) is 0 Å². The molecule has 0 unspecified atom stereocenters. The first-order valence-corrected chi connectivity index (χ1v) is 7.24. The zero-order chi connectivity index (χ0) is 17.1. The number of carboxylic acid groups (broad SMARTS) is 1. The molecule has 0 radical (unpaired) electrons. The van der Waals surface area contributed by atoms with E-state index in [0.717, 1.165) is 12.0 Å². The molecule has 0 amide bonds. The number of aromatic hydroxyl groups is 1. The molecule has 23 heavy (non-hydrogen) atoms. The predicted molar refractivity (Wildman–Crippen MR) is 86.5 cm³/mol. The number of benzene rings is 2. The van der Waals surface area contributed by atoms with Crippen molar-refractivity contribution < 1.29 is 24.5 Å². The molecule has 122 valence electrons. The molecule has 0 fully saturated rings. The van der Waals surface area contributed by atoms with E-state index in [0.29, 0.717) is 12.2 Å². The number of rotatable bonds is 5. The molecular formula is C18H20O5. The maximum atomic E-state index is 11.2. The van der Waals surface area contributed by atoms with Gasteiger partial charge in [0, 0.05) is 0 Å². The Balaban J connectivity index is 0.000000238. The number of ether oxygens (including phenoxy) is 1. The molecule has 0 bridgehead atoms. The second kappa shape index (κ2) is 10.00. The lowest BCUT2D eigenvalue weighted by Gasteiger charge is -2.02. The van der Waals surface area contributed by atoms with Gasteiger partial charge in [-0.25, -0.2) is 4.79 Å². The number of aliphatic carboxylic acids is 1. The van der Waals surface area contributed by atoms with Crippen molar-refractivity contribution in [3.63, 3.8) is 0 Å². The third-order valence-corrected chi connectivity index (χ3v) is 2.74. The molecule has 0 aromatic heterocycles. The van der Waals surface area contributed by atoms with Crippen molar-refractivity contribution in [2.24, 2.45) is 0 Å². The van der Waals surface area contributed by atoms with Crippen LogP contribution in [0.1, 0.15) is 29.3 Å². The molecule has 2 rings (SSSR count). The summed E-state index contributed by atoms with van der Waals surface area (Å²) in [5.74, 6) is -0.986. The highest BCUT2D eigenvalue weighted by atomic mass is 16.5. The van der Waals surface area contributed by atoms with Crippen molar-refractivity contribution in [1.29, 1.82) is 0 Å². The molecule has 5 heteroatoms. The summed E-state index contributed by atoms with van der Waals surface area (Å²) in [6, 6.07) is 15.1. The van der Waals surface area contributed by atoms with Gasteiger partial charge in [-0.05, 0) is 36.2 Å². The predicted octanol–water partition coefficient (Wildman–Crippen LogP) is 3.27. The van der Waals surface area contributed by atoms with Crippen LogP contribution >= 0.6 is 0 Å². The summed E-state index contributed by atoms with van der Waals surface area (Å²) in [4.78, 5) is 21.4. The second-order valence-corrected chi connectivity index (χ2v) is 4.74. The quantitative estimate of drug-likeness (QED) is 0.827. The van der Waals surface area contributed by atoms with Gasteiger partial charge in [0.2, 0.25) is 0 Å². The fraction of sp³-hybridized carbons (Fsp3) is 0.222. The highest BCUT2D eigenvalue weighted by Crippen LogP contribution is 2.10. The highest BCUT2D eigenvalue weighted by molar-refractivity contribution is 5.89. The molecule has 2 aromatic rings. The second-order valence-electron chi connectivity index (χ2n) is 4.74. The molecule has 0 heterocycles. The first kappa shape index (κ1) is 18.2. The van der Waals surface area contributed by atoms with Crippen molar-refractivity contribution in [3.05, 3.63) is 65.7 Å². The number of phenols is 1. The van der Waals surface area contributed by atoms with Crippen LogP contribution < -0.4 is 0 Å². The van der Waals surface area contributed by atoms with Gasteiger partial charge in [0.05, 0.1) is 18.6 Å². The van der Waals surface area contributed by atoms with E-state index in [-0.39, 0.29) is 18.1 Å². The number of esters is 1. The van der Waals surface area contributed by atoms with Crippen LogP contribution in [0.2, 0.25) is 0 Å². The zero-order valence-corrected chi connectivity index (χ0v) is 12.9. The molecule has 5 nitrogen and oxygen atoms in total. The molecule has 0 aliphatic rings. The summed E-state index contributed by atoms with van der Waals surface area (Å²) in [5, 5.41) is 17.3. The number of carbonyl (C=O) groups excluding carboxylic acids is 1. The van der Waals surface area contributed by atoms with Gasteiger partial charge in [0.25, 0.3) is 0 Å². The average Bonchev–Trinajstić information content (AvgIpc) is 2.54. The number of carbonyl (C=O) groups is 2. The molecule has 2 N–H and O–H groups in total. The number of hydrogen-bond acceptors (Lipinski definition) is 4. The van der Waals surface area contributed by atoms with E-state index in [4.69, 9.17) is 14.9 Å².